The van der Waals surface area contributed by atoms with Crippen molar-refractivity contribution in [2.75, 3.05) is 20.3 Å². The number of carbonyl (C=O) groups is 1. The van der Waals surface area contributed by atoms with E-state index in [2.05, 4.69) is 5.32 Å². The zero-order valence-electron chi connectivity index (χ0n) is 11.9. The lowest BCUT2D eigenvalue weighted by Crippen LogP contribution is -2.43. The van der Waals surface area contributed by atoms with Crippen molar-refractivity contribution in [3.8, 4) is 0 Å². The van der Waals surface area contributed by atoms with Gasteiger partial charge < -0.3 is 15.2 Å². The van der Waals surface area contributed by atoms with E-state index in [4.69, 9.17) is 4.74 Å². The van der Waals surface area contributed by atoms with Gasteiger partial charge in [0.2, 0.25) is 5.91 Å². The quantitative estimate of drug-likeness (QED) is 0.763. The zero-order chi connectivity index (χ0) is 13.6. The van der Waals surface area contributed by atoms with Gasteiger partial charge in [0.05, 0.1) is 18.6 Å². The lowest BCUT2D eigenvalue weighted by atomic mass is 9.74. The minimum absolute atomic E-state index is 0.000230. The molecule has 0 unspecified atom stereocenters. The summed E-state index contributed by atoms with van der Waals surface area (Å²) in [5.41, 5.74) is -0.520. The first-order valence-corrected chi connectivity index (χ1v) is 6.86. The Hall–Kier alpha value is -0.610. The molecule has 1 fully saturated rings. The van der Waals surface area contributed by atoms with Gasteiger partial charge in [-0.25, -0.2) is 0 Å². The number of hydrogen-bond donors (Lipinski definition) is 2. The molecule has 4 nitrogen and oxygen atoms in total. The van der Waals surface area contributed by atoms with E-state index in [-0.39, 0.29) is 17.9 Å². The molecule has 18 heavy (non-hydrogen) atoms. The van der Waals surface area contributed by atoms with Crippen molar-refractivity contribution < 1.29 is 14.6 Å². The smallest absolute Gasteiger partial charge is 0.222 e. The number of carbonyl (C=O) groups excluding carboxylic acids is 1. The third kappa shape index (κ3) is 4.58. The Balaban J connectivity index is 2.40. The van der Waals surface area contributed by atoms with Gasteiger partial charge in [0, 0.05) is 19.1 Å². The highest BCUT2D eigenvalue weighted by Crippen LogP contribution is 2.35. The Bertz CT molecular complexity index is 270. The molecule has 4 heteroatoms. The Morgan fingerprint density at radius 2 is 1.94 bits per heavy atom. The van der Waals surface area contributed by atoms with Crippen molar-refractivity contribution >= 4 is 5.91 Å². The number of aliphatic hydroxyl groups is 1. The molecule has 0 bridgehead atoms. The largest absolute Gasteiger partial charge is 0.396 e. The summed E-state index contributed by atoms with van der Waals surface area (Å²) in [4.78, 5) is 11.8. The van der Waals surface area contributed by atoms with Crippen LogP contribution in [0.3, 0.4) is 0 Å². The van der Waals surface area contributed by atoms with Crippen LogP contribution in [0.1, 0.15) is 52.4 Å². The molecule has 1 aliphatic carbocycles. The van der Waals surface area contributed by atoms with Gasteiger partial charge in [-0.05, 0) is 26.7 Å². The van der Waals surface area contributed by atoms with Gasteiger partial charge in [0.15, 0.2) is 0 Å². The Labute approximate surface area is 110 Å². The average Bonchev–Trinajstić information content (AvgIpc) is 2.37. The second-order valence-electron chi connectivity index (χ2n) is 6.14. The van der Waals surface area contributed by atoms with E-state index in [1.165, 1.54) is 6.42 Å². The normalized spacial score (nSPS) is 19.6. The standard InChI is InChI=1S/C14H27NO3/c1-13(2,18-3)9-12(17)15-10-14(11-16)7-5-4-6-8-14/h16H,4-11H2,1-3H3,(H,15,17). The lowest BCUT2D eigenvalue weighted by molar-refractivity contribution is -0.127. The molecule has 106 valence electrons. The van der Waals surface area contributed by atoms with Crippen LogP contribution in [0, 0.1) is 5.41 Å². The van der Waals surface area contributed by atoms with Gasteiger partial charge >= 0.3 is 0 Å². The van der Waals surface area contributed by atoms with Crippen molar-refractivity contribution in [3.05, 3.63) is 0 Å². The number of aliphatic hydroxyl groups excluding tert-OH is 1. The summed E-state index contributed by atoms with van der Waals surface area (Å²) in [5, 5.41) is 12.5. The fourth-order valence-electron chi connectivity index (χ4n) is 2.50. The minimum atomic E-state index is -0.428. The number of rotatable bonds is 6. The van der Waals surface area contributed by atoms with Gasteiger partial charge in [0.1, 0.15) is 0 Å². The highest BCUT2D eigenvalue weighted by molar-refractivity contribution is 5.76. The first-order valence-electron chi connectivity index (χ1n) is 6.86. The fraction of sp³-hybridized carbons (Fsp3) is 0.929. The van der Waals surface area contributed by atoms with Crippen molar-refractivity contribution in [1.82, 2.24) is 5.32 Å². The molecule has 0 heterocycles. The molecule has 1 rings (SSSR count). The SMILES string of the molecule is COC(C)(C)CC(=O)NCC1(CO)CCCCC1. The number of amides is 1. The summed E-state index contributed by atoms with van der Waals surface area (Å²) < 4.78 is 5.24. The number of methoxy groups -OCH3 is 1. The summed E-state index contributed by atoms with van der Waals surface area (Å²) in [7, 11) is 1.61. The van der Waals surface area contributed by atoms with Crippen LogP contribution >= 0.6 is 0 Å². The van der Waals surface area contributed by atoms with Crippen LogP contribution in [0.15, 0.2) is 0 Å². The third-order valence-electron chi connectivity index (χ3n) is 4.05. The topological polar surface area (TPSA) is 58.6 Å². The molecule has 2 N–H and O–H groups in total. The first kappa shape index (κ1) is 15.4. The van der Waals surface area contributed by atoms with Gasteiger partial charge in [0.25, 0.3) is 0 Å². The maximum Gasteiger partial charge on any atom is 0.222 e. The summed E-state index contributed by atoms with van der Waals surface area (Å²) in [6.45, 7) is 4.55. The average molecular weight is 257 g/mol. The molecular formula is C14H27NO3. The van der Waals surface area contributed by atoms with E-state index < -0.39 is 5.60 Å². The van der Waals surface area contributed by atoms with E-state index in [0.717, 1.165) is 25.7 Å². The summed E-state index contributed by atoms with van der Waals surface area (Å²) in [5.74, 6) is 0.000230. The van der Waals surface area contributed by atoms with E-state index in [0.29, 0.717) is 13.0 Å². The highest BCUT2D eigenvalue weighted by atomic mass is 16.5. The zero-order valence-corrected chi connectivity index (χ0v) is 11.9. The molecule has 0 aromatic carbocycles. The van der Waals surface area contributed by atoms with E-state index in [1.807, 2.05) is 13.8 Å². The molecule has 0 aromatic heterocycles. The molecular weight excluding hydrogens is 230 g/mol. The lowest BCUT2D eigenvalue weighted by Gasteiger charge is -2.36. The molecule has 0 saturated heterocycles. The minimum Gasteiger partial charge on any atom is -0.396 e. The van der Waals surface area contributed by atoms with Crippen molar-refractivity contribution in [2.24, 2.45) is 5.41 Å². The van der Waals surface area contributed by atoms with Crippen molar-refractivity contribution in [1.29, 1.82) is 0 Å². The maximum absolute atomic E-state index is 11.8. The second kappa shape index (κ2) is 6.53. The van der Waals surface area contributed by atoms with Crippen LogP contribution in [0.5, 0.6) is 0 Å². The monoisotopic (exact) mass is 257 g/mol. The number of ether oxygens (including phenoxy) is 1. The predicted molar refractivity (Wildman–Crippen MR) is 71.3 cm³/mol. The summed E-state index contributed by atoms with van der Waals surface area (Å²) >= 11 is 0. The van der Waals surface area contributed by atoms with Crippen LogP contribution in [-0.4, -0.2) is 36.9 Å². The molecule has 0 aromatic rings. The Kier molecular flexibility index (Phi) is 5.60. The van der Waals surface area contributed by atoms with E-state index in [1.54, 1.807) is 7.11 Å². The molecule has 1 aliphatic rings. The van der Waals surface area contributed by atoms with Crippen LogP contribution < -0.4 is 5.32 Å². The van der Waals surface area contributed by atoms with Gasteiger partial charge in [-0.15, -0.1) is 0 Å². The predicted octanol–water partition coefficient (Wildman–Crippen LogP) is 1.86. The van der Waals surface area contributed by atoms with Gasteiger partial charge in [-0.3, -0.25) is 4.79 Å². The maximum atomic E-state index is 11.8. The molecule has 1 saturated carbocycles. The molecule has 0 aliphatic heterocycles. The fourth-order valence-corrected chi connectivity index (χ4v) is 2.50. The van der Waals surface area contributed by atoms with Crippen LogP contribution in [0.4, 0.5) is 0 Å². The second-order valence-corrected chi connectivity index (χ2v) is 6.14. The Morgan fingerprint density at radius 1 is 1.33 bits per heavy atom. The van der Waals surface area contributed by atoms with Crippen LogP contribution in [-0.2, 0) is 9.53 Å². The molecule has 1 amide bonds. The molecule has 0 radical (unpaired) electrons. The number of hydrogen-bond acceptors (Lipinski definition) is 3. The van der Waals surface area contributed by atoms with E-state index in [9.17, 15) is 9.90 Å². The van der Waals surface area contributed by atoms with E-state index >= 15 is 0 Å². The highest BCUT2D eigenvalue weighted by Gasteiger charge is 2.32. The summed E-state index contributed by atoms with van der Waals surface area (Å²) in [6, 6.07) is 0. The third-order valence-corrected chi connectivity index (χ3v) is 4.05. The van der Waals surface area contributed by atoms with Gasteiger partial charge in [-0.2, -0.15) is 0 Å². The van der Waals surface area contributed by atoms with Crippen LogP contribution in [0.25, 0.3) is 0 Å². The molecule has 0 spiro atoms. The molecule has 0 atom stereocenters. The summed E-state index contributed by atoms with van der Waals surface area (Å²) in [6.07, 6.45) is 5.92. The van der Waals surface area contributed by atoms with Crippen molar-refractivity contribution in [3.63, 3.8) is 0 Å². The first-order chi connectivity index (χ1) is 8.43. The van der Waals surface area contributed by atoms with Gasteiger partial charge in [-0.1, -0.05) is 19.3 Å². The Morgan fingerprint density at radius 3 is 2.44 bits per heavy atom. The number of nitrogens with one attached hydrogen (secondary N) is 1. The van der Waals surface area contributed by atoms with Crippen molar-refractivity contribution in [2.45, 2.75) is 58.0 Å². The van der Waals surface area contributed by atoms with Crippen LogP contribution in [0.2, 0.25) is 0 Å².